The van der Waals surface area contributed by atoms with E-state index in [0.717, 1.165) is 21.7 Å². The number of carbonyl (C=O) groups is 1. The van der Waals surface area contributed by atoms with E-state index in [-0.39, 0.29) is 10.8 Å². The predicted molar refractivity (Wildman–Crippen MR) is 97.8 cm³/mol. The van der Waals surface area contributed by atoms with Crippen LogP contribution < -0.4 is 5.32 Å². The molecule has 3 nitrogen and oxygen atoms in total. The molecule has 0 saturated carbocycles. The van der Waals surface area contributed by atoms with Crippen LogP contribution >= 0.6 is 11.6 Å². The Balaban J connectivity index is 1.77. The highest BCUT2D eigenvalue weighted by Gasteiger charge is 2.19. The number of nitrogens with one attached hydrogen (secondary N) is 1. The molecular weight excluding hydrogens is 341 g/mol. The molecule has 0 radical (unpaired) electrons. The summed E-state index contributed by atoms with van der Waals surface area (Å²) < 4.78 is 19.1. The molecule has 0 unspecified atom stereocenters. The zero-order chi connectivity index (χ0) is 17.6. The number of furan rings is 1. The van der Waals surface area contributed by atoms with Gasteiger partial charge in [0.05, 0.1) is 5.02 Å². The maximum Gasteiger partial charge on any atom is 0.291 e. The molecule has 0 aliphatic carbocycles. The van der Waals surface area contributed by atoms with E-state index in [1.807, 2.05) is 43.3 Å². The highest BCUT2D eigenvalue weighted by Crippen LogP contribution is 2.32. The van der Waals surface area contributed by atoms with E-state index in [0.29, 0.717) is 11.3 Å². The quantitative estimate of drug-likeness (QED) is 0.484. The van der Waals surface area contributed by atoms with Crippen LogP contribution in [0.15, 0.2) is 59.0 Å². The van der Waals surface area contributed by atoms with Crippen molar-refractivity contribution >= 4 is 44.9 Å². The van der Waals surface area contributed by atoms with Crippen LogP contribution in [0.1, 0.15) is 16.1 Å². The number of carbonyl (C=O) groups excluding carboxylic acids is 1. The van der Waals surface area contributed by atoms with Crippen molar-refractivity contribution in [3.63, 3.8) is 0 Å². The van der Waals surface area contributed by atoms with E-state index in [4.69, 9.17) is 16.0 Å². The van der Waals surface area contributed by atoms with Crippen molar-refractivity contribution in [1.82, 2.24) is 0 Å². The smallest absolute Gasteiger partial charge is 0.291 e. The first kappa shape index (κ1) is 15.7. The van der Waals surface area contributed by atoms with Crippen LogP contribution in [-0.4, -0.2) is 5.91 Å². The summed E-state index contributed by atoms with van der Waals surface area (Å²) in [6.45, 7) is 1.84. The van der Waals surface area contributed by atoms with Crippen LogP contribution in [0, 0.1) is 12.7 Å². The number of hydrogen-bond acceptors (Lipinski definition) is 2. The molecule has 124 valence electrons. The SMILES string of the molecule is Cc1c(C(=O)Nc2ccc(F)c(Cl)c2)oc2c1ccc1ccccc12. The summed E-state index contributed by atoms with van der Waals surface area (Å²) in [6.07, 6.45) is 0. The van der Waals surface area contributed by atoms with Gasteiger partial charge in [-0.2, -0.15) is 0 Å². The number of rotatable bonds is 2. The molecule has 1 amide bonds. The highest BCUT2D eigenvalue weighted by molar-refractivity contribution is 6.31. The predicted octanol–water partition coefficient (Wildman–Crippen LogP) is 5.94. The third-order valence-corrected chi connectivity index (χ3v) is 4.50. The van der Waals surface area contributed by atoms with E-state index < -0.39 is 11.7 Å². The van der Waals surface area contributed by atoms with Gasteiger partial charge in [0.25, 0.3) is 5.91 Å². The summed E-state index contributed by atoms with van der Waals surface area (Å²) in [6, 6.07) is 15.8. The highest BCUT2D eigenvalue weighted by atomic mass is 35.5. The Morgan fingerprint density at radius 2 is 1.88 bits per heavy atom. The second kappa shape index (κ2) is 5.90. The maximum atomic E-state index is 13.2. The molecule has 25 heavy (non-hydrogen) atoms. The third kappa shape index (κ3) is 2.65. The fourth-order valence-electron chi connectivity index (χ4n) is 2.93. The Bertz CT molecular complexity index is 1130. The Morgan fingerprint density at radius 3 is 2.68 bits per heavy atom. The average molecular weight is 354 g/mol. The van der Waals surface area contributed by atoms with Gasteiger partial charge in [0.1, 0.15) is 11.4 Å². The number of anilines is 1. The van der Waals surface area contributed by atoms with Gasteiger partial charge in [0, 0.05) is 22.0 Å². The molecule has 0 aliphatic heterocycles. The first-order valence-electron chi connectivity index (χ1n) is 7.72. The monoisotopic (exact) mass is 353 g/mol. The normalized spacial score (nSPS) is 11.2. The zero-order valence-corrected chi connectivity index (χ0v) is 14.0. The summed E-state index contributed by atoms with van der Waals surface area (Å²) in [7, 11) is 0. The zero-order valence-electron chi connectivity index (χ0n) is 13.3. The summed E-state index contributed by atoms with van der Waals surface area (Å²) >= 11 is 5.75. The van der Waals surface area contributed by atoms with Crippen molar-refractivity contribution in [3.05, 3.63) is 76.8 Å². The number of amides is 1. The van der Waals surface area contributed by atoms with Gasteiger partial charge in [-0.05, 0) is 30.5 Å². The number of benzene rings is 3. The van der Waals surface area contributed by atoms with Crippen molar-refractivity contribution in [2.24, 2.45) is 0 Å². The molecule has 0 aliphatic rings. The van der Waals surface area contributed by atoms with E-state index in [9.17, 15) is 9.18 Å². The van der Waals surface area contributed by atoms with Crippen LogP contribution in [0.2, 0.25) is 5.02 Å². The summed E-state index contributed by atoms with van der Waals surface area (Å²) in [5, 5.41) is 5.52. The second-order valence-electron chi connectivity index (χ2n) is 5.80. The van der Waals surface area contributed by atoms with Crippen LogP contribution in [-0.2, 0) is 0 Å². The number of hydrogen-bond donors (Lipinski definition) is 1. The van der Waals surface area contributed by atoms with Crippen LogP contribution in [0.25, 0.3) is 21.7 Å². The lowest BCUT2D eigenvalue weighted by molar-refractivity contribution is 0.0998. The van der Waals surface area contributed by atoms with Crippen molar-refractivity contribution in [2.75, 3.05) is 5.32 Å². The molecule has 5 heteroatoms. The van der Waals surface area contributed by atoms with Gasteiger partial charge in [0.2, 0.25) is 0 Å². The first-order chi connectivity index (χ1) is 12.0. The molecule has 4 rings (SSSR count). The third-order valence-electron chi connectivity index (χ3n) is 4.21. The first-order valence-corrected chi connectivity index (χ1v) is 8.09. The Kier molecular flexibility index (Phi) is 3.70. The topological polar surface area (TPSA) is 42.2 Å². The minimum atomic E-state index is -0.536. The van der Waals surface area contributed by atoms with E-state index in [1.54, 1.807) is 0 Å². The minimum absolute atomic E-state index is 0.0508. The second-order valence-corrected chi connectivity index (χ2v) is 6.21. The van der Waals surface area contributed by atoms with Gasteiger partial charge in [-0.1, -0.05) is 48.0 Å². The van der Waals surface area contributed by atoms with E-state index >= 15 is 0 Å². The molecule has 0 bridgehead atoms. The molecule has 4 aromatic rings. The van der Waals surface area contributed by atoms with Gasteiger partial charge < -0.3 is 9.73 Å². The lowest BCUT2D eigenvalue weighted by atomic mass is 10.1. The van der Waals surface area contributed by atoms with Gasteiger partial charge in [-0.25, -0.2) is 4.39 Å². The van der Waals surface area contributed by atoms with Gasteiger partial charge in [0.15, 0.2) is 5.76 Å². The molecule has 0 fully saturated rings. The van der Waals surface area contributed by atoms with Crippen LogP contribution in [0.3, 0.4) is 0 Å². The maximum absolute atomic E-state index is 13.2. The Labute approximate surface area is 148 Å². The van der Waals surface area contributed by atoms with Crippen LogP contribution in [0.4, 0.5) is 10.1 Å². The van der Waals surface area contributed by atoms with Crippen molar-refractivity contribution < 1.29 is 13.6 Å². The van der Waals surface area contributed by atoms with Crippen LogP contribution in [0.5, 0.6) is 0 Å². The average Bonchev–Trinajstić information content (AvgIpc) is 2.96. The molecule has 0 atom stereocenters. The van der Waals surface area contributed by atoms with Gasteiger partial charge in [-0.3, -0.25) is 4.79 Å². The largest absolute Gasteiger partial charge is 0.450 e. The Morgan fingerprint density at radius 1 is 1.08 bits per heavy atom. The Hall–Kier alpha value is -2.85. The molecule has 0 saturated heterocycles. The van der Waals surface area contributed by atoms with E-state index in [1.165, 1.54) is 18.2 Å². The lowest BCUT2D eigenvalue weighted by Gasteiger charge is -2.04. The molecule has 1 heterocycles. The summed E-state index contributed by atoms with van der Waals surface area (Å²) in [4.78, 5) is 12.6. The molecular formula is C20H13ClFNO2. The molecule has 1 aromatic heterocycles. The van der Waals surface area contributed by atoms with E-state index in [2.05, 4.69) is 5.32 Å². The lowest BCUT2D eigenvalue weighted by Crippen LogP contribution is -2.12. The summed E-state index contributed by atoms with van der Waals surface area (Å²) in [5.41, 5.74) is 1.84. The molecule has 3 aromatic carbocycles. The number of aryl methyl sites for hydroxylation is 1. The number of fused-ring (bicyclic) bond motifs is 3. The standard InChI is InChI=1S/C20H13ClFNO2/c1-11-14-8-6-12-4-2-3-5-15(12)19(14)25-18(11)20(24)23-13-7-9-17(22)16(21)10-13/h2-10H,1H3,(H,23,24). The fraction of sp³-hybridized carbons (Fsp3) is 0.0500. The van der Waals surface area contributed by atoms with Crippen molar-refractivity contribution in [1.29, 1.82) is 0 Å². The molecule has 1 N–H and O–H groups in total. The molecule has 0 spiro atoms. The van der Waals surface area contributed by atoms with Gasteiger partial charge in [-0.15, -0.1) is 0 Å². The number of halogens is 2. The van der Waals surface area contributed by atoms with Gasteiger partial charge >= 0.3 is 0 Å². The minimum Gasteiger partial charge on any atom is -0.450 e. The summed E-state index contributed by atoms with van der Waals surface area (Å²) in [5.74, 6) is -0.710. The van der Waals surface area contributed by atoms with Crippen molar-refractivity contribution in [3.8, 4) is 0 Å². The van der Waals surface area contributed by atoms with Crippen molar-refractivity contribution in [2.45, 2.75) is 6.92 Å². The fourth-order valence-corrected chi connectivity index (χ4v) is 3.11.